The van der Waals surface area contributed by atoms with Gasteiger partial charge in [-0.25, -0.2) is 0 Å². The maximum Gasteiger partial charge on any atom is 0.0440 e. The highest BCUT2D eigenvalue weighted by atomic mass is 32.1. The van der Waals surface area contributed by atoms with Gasteiger partial charge in [-0.2, -0.15) is 0 Å². The molecule has 0 saturated carbocycles. The Morgan fingerprint density at radius 2 is 0.818 bits per heavy atom. The van der Waals surface area contributed by atoms with Crippen LogP contribution in [-0.2, 0) is 0 Å². The van der Waals surface area contributed by atoms with Crippen LogP contribution in [0.3, 0.4) is 0 Å². The van der Waals surface area contributed by atoms with Crippen LogP contribution in [0.5, 0.6) is 0 Å². The summed E-state index contributed by atoms with van der Waals surface area (Å²) in [5.41, 5.74) is 5.21. The molecule has 0 aliphatic heterocycles. The summed E-state index contributed by atoms with van der Waals surface area (Å²) in [6.45, 7) is 0. The quantitative estimate of drug-likeness (QED) is 0.175. The topological polar surface area (TPSA) is 0 Å². The molecular weight excluding hydrogens is 569 g/mol. The zero-order chi connectivity index (χ0) is 28.8. The molecule has 2 heterocycles. The Labute approximate surface area is 262 Å². The Bertz CT molecular complexity index is 2700. The van der Waals surface area contributed by atoms with Crippen LogP contribution in [0.1, 0.15) is 0 Å². The van der Waals surface area contributed by atoms with E-state index in [0.29, 0.717) is 0 Å². The van der Waals surface area contributed by atoms with Crippen molar-refractivity contribution < 1.29 is 0 Å². The molecule has 0 radical (unpaired) electrons. The third-order valence-corrected chi connectivity index (χ3v) is 11.7. The largest absolute Gasteiger partial charge is 0.135 e. The number of benzene rings is 8. The van der Waals surface area contributed by atoms with Crippen molar-refractivity contribution in [3.05, 3.63) is 146 Å². The number of fused-ring (bicyclic) bond motifs is 11. The van der Waals surface area contributed by atoms with Crippen LogP contribution in [0.4, 0.5) is 0 Å². The zero-order valence-electron chi connectivity index (χ0n) is 23.7. The SMILES string of the molecule is c1ccc(-c2c3ccccc3c(-c3cc4c(ccc5c6ccccc6sc54)c4c3sc3ccccc34)c3ccccc23)cc1. The Morgan fingerprint density at radius 3 is 1.50 bits per heavy atom. The molecule has 10 aromatic rings. The predicted molar refractivity (Wildman–Crippen MR) is 196 cm³/mol. The highest BCUT2D eigenvalue weighted by Crippen LogP contribution is 2.51. The molecule has 10 rings (SSSR count). The van der Waals surface area contributed by atoms with Gasteiger partial charge >= 0.3 is 0 Å². The summed E-state index contributed by atoms with van der Waals surface area (Å²) >= 11 is 3.85. The van der Waals surface area contributed by atoms with E-state index in [2.05, 4.69) is 146 Å². The normalized spacial score (nSPS) is 12.1. The molecule has 2 heteroatoms. The molecule has 0 bridgehead atoms. The lowest BCUT2D eigenvalue weighted by atomic mass is 9.85. The van der Waals surface area contributed by atoms with Gasteiger partial charge in [0.2, 0.25) is 0 Å². The van der Waals surface area contributed by atoms with Gasteiger partial charge in [0, 0.05) is 51.3 Å². The third kappa shape index (κ3) is 3.33. The van der Waals surface area contributed by atoms with Crippen molar-refractivity contribution in [3.8, 4) is 22.3 Å². The first kappa shape index (κ1) is 24.4. The van der Waals surface area contributed by atoms with E-state index in [0.717, 1.165) is 0 Å². The van der Waals surface area contributed by atoms with Crippen LogP contribution in [0.15, 0.2) is 146 Å². The van der Waals surface area contributed by atoms with Gasteiger partial charge in [0.15, 0.2) is 0 Å². The van der Waals surface area contributed by atoms with E-state index in [1.807, 2.05) is 22.7 Å². The second kappa shape index (κ2) is 9.24. The monoisotopic (exact) mass is 592 g/mol. The van der Waals surface area contributed by atoms with E-state index in [4.69, 9.17) is 0 Å². The maximum absolute atomic E-state index is 2.52. The highest BCUT2D eigenvalue weighted by Gasteiger charge is 2.22. The number of hydrogen-bond acceptors (Lipinski definition) is 2. The molecule has 0 aliphatic carbocycles. The number of hydrogen-bond donors (Lipinski definition) is 0. The minimum Gasteiger partial charge on any atom is -0.135 e. The van der Waals surface area contributed by atoms with Crippen molar-refractivity contribution in [1.82, 2.24) is 0 Å². The van der Waals surface area contributed by atoms with Crippen LogP contribution < -0.4 is 0 Å². The van der Waals surface area contributed by atoms with Crippen LogP contribution in [0.25, 0.3) is 94.9 Å². The molecule has 0 amide bonds. The van der Waals surface area contributed by atoms with Crippen molar-refractivity contribution in [2.45, 2.75) is 0 Å². The summed E-state index contributed by atoms with van der Waals surface area (Å²) in [6.07, 6.45) is 0. The molecule has 0 fully saturated rings. The summed E-state index contributed by atoms with van der Waals surface area (Å²) in [4.78, 5) is 0. The fourth-order valence-electron chi connectivity index (χ4n) is 7.40. The van der Waals surface area contributed by atoms with Gasteiger partial charge in [0.05, 0.1) is 0 Å². The van der Waals surface area contributed by atoms with E-state index < -0.39 is 0 Å². The predicted octanol–water partition coefficient (Wildman–Crippen LogP) is 13.2. The Morgan fingerprint density at radius 1 is 0.318 bits per heavy atom. The first-order valence-electron chi connectivity index (χ1n) is 15.0. The first-order valence-corrected chi connectivity index (χ1v) is 16.7. The summed E-state index contributed by atoms with van der Waals surface area (Å²) in [5, 5.41) is 13.3. The summed E-state index contributed by atoms with van der Waals surface area (Å²) < 4.78 is 5.41. The lowest BCUT2D eigenvalue weighted by Gasteiger charge is -2.19. The number of thiophene rings is 2. The molecule has 0 saturated heterocycles. The van der Waals surface area contributed by atoms with E-state index in [-0.39, 0.29) is 0 Å². The van der Waals surface area contributed by atoms with Gasteiger partial charge in [-0.05, 0) is 61.8 Å². The average molecular weight is 593 g/mol. The van der Waals surface area contributed by atoms with Crippen LogP contribution in [0, 0.1) is 0 Å². The van der Waals surface area contributed by atoms with Crippen molar-refractivity contribution >= 4 is 95.3 Å². The van der Waals surface area contributed by atoms with Crippen molar-refractivity contribution in [3.63, 3.8) is 0 Å². The lowest BCUT2D eigenvalue weighted by Crippen LogP contribution is -1.91. The van der Waals surface area contributed by atoms with Crippen molar-refractivity contribution in [2.24, 2.45) is 0 Å². The third-order valence-electron chi connectivity index (χ3n) is 9.25. The summed E-state index contributed by atoms with van der Waals surface area (Å²) in [7, 11) is 0. The smallest absolute Gasteiger partial charge is 0.0440 e. The van der Waals surface area contributed by atoms with Gasteiger partial charge in [0.1, 0.15) is 0 Å². The van der Waals surface area contributed by atoms with E-state index in [1.54, 1.807) is 0 Å². The molecule has 204 valence electrons. The van der Waals surface area contributed by atoms with E-state index >= 15 is 0 Å². The standard InChI is InChI=1S/C42H24S2/c1-2-12-25(13-3-1)38-27-15-4-6-17-29(27)39(30-18-7-5-16-28(30)38)35-24-34-31(40-33-19-9-11-21-37(33)44-42(35)40)22-23-32-26-14-8-10-20-36(26)43-41(32)34/h1-24H. The van der Waals surface area contributed by atoms with Gasteiger partial charge in [-0.15, -0.1) is 22.7 Å². The molecular formula is C42H24S2. The van der Waals surface area contributed by atoms with Gasteiger partial charge < -0.3 is 0 Å². The first-order chi connectivity index (χ1) is 21.8. The van der Waals surface area contributed by atoms with Gasteiger partial charge in [0.25, 0.3) is 0 Å². The molecule has 0 aliphatic rings. The molecule has 2 aromatic heterocycles. The second-order valence-corrected chi connectivity index (χ2v) is 13.7. The Hall–Kier alpha value is -5.02. The molecule has 0 unspecified atom stereocenters. The fourth-order valence-corrected chi connectivity index (χ4v) is 9.86. The van der Waals surface area contributed by atoms with Gasteiger partial charge in [-0.3, -0.25) is 0 Å². The lowest BCUT2D eigenvalue weighted by molar-refractivity contribution is 1.67. The molecule has 0 atom stereocenters. The van der Waals surface area contributed by atoms with Crippen LogP contribution >= 0.6 is 22.7 Å². The van der Waals surface area contributed by atoms with Crippen molar-refractivity contribution in [1.29, 1.82) is 0 Å². The van der Waals surface area contributed by atoms with Gasteiger partial charge in [-0.1, -0.05) is 127 Å². The molecule has 0 nitrogen and oxygen atoms in total. The highest BCUT2D eigenvalue weighted by molar-refractivity contribution is 7.27. The Balaban J connectivity index is 1.45. The molecule has 0 N–H and O–H groups in total. The zero-order valence-corrected chi connectivity index (χ0v) is 25.3. The summed E-state index contributed by atoms with van der Waals surface area (Å²) in [5.74, 6) is 0. The van der Waals surface area contributed by atoms with E-state index in [9.17, 15) is 0 Å². The minimum absolute atomic E-state index is 1.25. The minimum atomic E-state index is 1.25. The van der Waals surface area contributed by atoms with Crippen molar-refractivity contribution in [2.75, 3.05) is 0 Å². The average Bonchev–Trinajstić information content (AvgIpc) is 3.67. The summed E-state index contributed by atoms with van der Waals surface area (Å²) in [6, 6.07) is 53.9. The van der Waals surface area contributed by atoms with E-state index in [1.165, 1.54) is 94.9 Å². The maximum atomic E-state index is 2.52. The molecule has 0 spiro atoms. The van der Waals surface area contributed by atoms with Crippen LogP contribution in [0.2, 0.25) is 0 Å². The number of rotatable bonds is 2. The van der Waals surface area contributed by atoms with Crippen LogP contribution in [-0.4, -0.2) is 0 Å². The Kier molecular flexibility index (Phi) is 5.13. The second-order valence-electron chi connectivity index (χ2n) is 11.6. The fraction of sp³-hybridized carbons (Fsp3) is 0. The molecule has 44 heavy (non-hydrogen) atoms. The molecule has 8 aromatic carbocycles.